The Balaban J connectivity index is 1.75. The van der Waals surface area contributed by atoms with Crippen LogP contribution in [0, 0.1) is 17.3 Å². The van der Waals surface area contributed by atoms with Crippen molar-refractivity contribution < 1.29 is 20.1 Å². The van der Waals surface area contributed by atoms with E-state index in [2.05, 4.69) is 6.92 Å². The van der Waals surface area contributed by atoms with Gasteiger partial charge >= 0.3 is 0 Å². The van der Waals surface area contributed by atoms with Gasteiger partial charge in [0.05, 0.1) is 19.3 Å². The fraction of sp³-hybridized carbons (Fsp3) is 0.684. The number of aryl methyl sites for hydroxylation is 1. The molecule has 0 heterocycles. The van der Waals surface area contributed by atoms with Crippen LogP contribution < -0.4 is 4.74 Å². The maximum atomic E-state index is 10.5. The molecule has 3 N–H and O–H groups in total. The van der Waals surface area contributed by atoms with Crippen molar-refractivity contribution in [1.82, 2.24) is 0 Å². The fourth-order valence-corrected chi connectivity index (χ4v) is 5.82. The summed E-state index contributed by atoms with van der Waals surface area (Å²) in [5, 5.41) is 30.6. The van der Waals surface area contributed by atoms with Gasteiger partial charge in [0.2, 0.25) is 0 Å². The van der Waals surface area contributed by atoms with E-state index in [9.17, 15) is 15.3 Å². The molecule has 4 nitrogen and oxygen atoms in total. The first-order valence-electron chi connectivity index (χ1n) is 8.71. The molecule has 0 unspecified atom stereocenters. The molecule has 4 rings (SSSR count). The van der Waals surface area contributed by atoms with Gasteiger partial charge in [-0.1, -0.05) is 6.92 Å². The maximum Gasteiger partial charge on any atom is 0.126 e. The molecule has 1 aromatic carbocycles. The van der Waals surface area contributed by atoms with Gasteiger partial charge in [-0.25, -0.2) is 0 Å². The number of aliphatic hydroxyl groups is 2. The molecule has 4 heteroatoms. The number of fused-ring (bicyclic) bond motifs is 5. The molecular formula is C19H26O4. The van der Waals surface area contributed by atoms with Crippen LogP contribution in [0.25, 0.3) is 0 Å². The Bertz CT molecular complexity index is 611. The lowest BCUT2D eigenvalue weighted by atomic mass is 9.55. The molecule has 3 aliphatic rings. The summed E-state index contributed by atoms with van der Waals surface area (Å²) in [5.41, 5.74) is 2.28. The van der Waals surface area contributed by atoms with E-state index < -0.39 is 12.2 Å². The monoisotopic (exact) mass is 318 g/mol. The van der Waals surface area contributed by atoms with E-state index in [-0.39, 0.29) is 11.2 Å². The van der Waals surface area contributed by atoms with Crippen LogP contribution in [0.4, 0.5) is 0 Å². The van der Waals surface area contributed by atoms with Crippen LogP contribution in [-0.2, 0) is 6.42 Å². The van der Waals surface area contributed by atoms with E-state index in [0.29, 0.717) is 24.2 Å². The molecule has 0 bridgehead atoms. The zero-order valence-corrected chi connectivity index (χ0v) is 13.8. The smallest absolute Gasteiger partial charge is 0.126 e. The van der Waals surface area contributed by atoms with Gasteiger partial charge in [0.1, 0.15) is 11.5 Å². The van der Waals surface area contributed by atoms with Crippen molar-refractivity contribution in [2.45, 2.75) is 57.2 Å². The molecule has 126 valence electrons. The van der Waals surface area contributed by atoms with E-state index in [1.54, 1.807) is 13.2 Å². The number of hydrogen-bond acceptors (Lipinski definition) is 4. The molecule has 1 aromatic rings. The van der Waals surface area contributed by atoms with Crippen LogP contribution in [0.15, 0.2) is 12.1 Å². The molecule has 2 fully saturated rings. The highest BCUT2D eigenvalue weighted by Crippen LogP contribution is 2.62. The predicted octanol–water partition coefficient (Wildman–Crippen LogP) is 2.59. The first-order chi connectivity index (χ1) is 11.0. The number of hydrogen-bond donors (Lipinski definition) is 3. The second kappa shape index (κ2) is 5.12. The van der Waals surface area contributed by atoms with E-state index in [1.807, 2.05) is 6.07 Å². The van der Waals surface area contributed by atoms with Crippen LogP contribution in [0.5, 0.6) is 11.5 Å². The average molecular weight is 318 g/mol. The molecule has 3 aliphatic carbocycles. The first kappa shape index (κ1) is 15.3. The van der Waals surface area contributed by atoms with E-state index >= 15 is 0 Å². The summed E-state index contributed by atoms with van der Waals surface area (Å²) in [4.78, 5) is 0. The number of rotatable bonds is 1. The van der Waals surface area contributed by atoms with E-state index in [1.165, 1.54) is 11.1 Å². The van der Waals surface area contributed by atoms with Gasteiger partial charge in [-0.2, -0.15) is 0 Å². The Morgan fingerprint density at radius 2 is 2.00 bits per heavy atom. The van der Waals surface area contributed by atoms with Gasteiger partial charge < -0.3 is 20.1 Å². The van der Waals surface area contributed by atoms with Crippen molar-refractivity contribution in [3.8, 4) is 11.5 Å². The summed E-state index contributed by atoms with van der Waals surface area (Å²) in [6.07, 6.45) is 3.44. The van der Waals surface area contributed by atoms with Crippen molar-refractivity contribution in [3.63, 3.8) is 0 Å². The van der Waals surface area contributed by atoms with Gasteiger partial charge in [0.25, 0.3) is 0 Å². The number of phenols is 1. The van der Waals surface area contributed by atoms with Crippen molar-refractivity contribution >= 4 is 0 Å². The van der Waals surface area contributed by atoms with Gasteiger partial charge in [-0.3, -0.25) is 0 Å². The number of aromatic hydroxyl groups is 1. The SMILES string of the molecule is COc1cc(O)cc2c1[C@H]1CC[C@]3(C)[C@@H](O)[C@H](O)C[C@H]3[C@@H]1CC2. The predicted molar refractivity (Wildman–Crippen MR) is 86.7 cm³/mol. The molecular weight excluding hydrogens is 292 g/mol. The zero-order valence-electron chi connectivity index (χ0n) is 13.8. The van der Waals surface area contributed by atoms with Gasteiger partial charge in [-0.15, -0.1) is 0 Å². The zero-order chi connectivity index (χ0) is 16.4. The topological polar surface area (TPSA) is 69.9 Å². The molecule has 0 aromatic heterocycles. The minimum Gasteiger partial charge on any atom is -0.508 e. The van der Waals surface area contributed by atoms with Crippen molar-refractivity contribution in [3.05, 3.63) is 23.3 Å². The lowest BCUT2D eigenvalue weighted by molar-refractivity contribution is -0.0507. The second-order valence-electron chi connectivity index (χ2n) is 7.93. The molecule has 0 saturated heterocycles. The maximum absolute atomic E-state index is 10.5. The summed E-state index contributed by atoms with van der Waals surface area (Å²) in [6, 6.07) is 3.59. The van der Waals surface area contributed by atoms with E-state index in [0.717, 1.165) is 31.4 Å². The molecule has 0 aliphatic heterocycles. The lowest BCUT2D eigenvalue weighted by Gasteiger charge is -2.50. The summed E-state index contributed by atoms with van der Waals surface area (Å²) in [6.45, 7) is 2.15. The van der Waals surface area contributed by atoms with Gasteiger partial charge in [-0.05, 0) is 66.9 Å². The van der Waals surface area contributed by atoms with Gasteiger partial charge in [0, 0.05) is 11.6 Å². The highest BCUT2D eigenvalue weighted by molar-refractivity contribution is 5.50. The quantitative estimate of drug-likeness (QED) is 0.744. The van der Waals surface area contributed by atoms with Gasteiger partial charge in [0.15, 0.2) is 0 Å². The van der Waals surface area contributed by atoms with Crippen molar-refractivity contribution in [1.29, 1.82) is 0 Å². The molecule has 23 heavy (non-hydrogen) atoms. The Morgan fingerprint density at radius 1 is 1.22 bits per heavy atom. The highest BCUT2D eigenvalue weighted by atomic mass is 16.5. The highest BCUT2D eigenvalue weighted by Gasteiger charge is 2.58. The lowest BCUT2D eigenvalue weighted by Crippen LogP contribution is -2.44. The largest absolute Gasteiger partial charge is 0.508 e. The number of phenolic OH excluding ortho intramolecular Hbond substituents is 1. The first-order valence-corrected chi connectivity index (χ1v) is 8.71. The second-order valence-corrected chi connectivity index (χ2v) is 7.93. The molecule has 2 saturated carbocycles. The third-order valence-corrected chi connectivity index (χ3v) is 6.96. The Hall–Kier alpha value is -1.26. The molecule has 0 spiro atoms. The molecule has 0 radical (unpaired) electrons. The summed E-state index contributed by atoms with van der Waals surface area (Å²) in [5.74, 6) is 2.30. The minimum absolute atomic E-state index is 0.164. The van der Waals surface area contributed by atoms with E-state index in [4.69, 9.17) is 4.74 Å². The van der Waals surface area contributed by atoms with Crippen molar-refractivity contribution in [2.24, 2.45) is 17.3 Å². The number of methoxy groups -OCH3 is 1. The van der Waals surface area contributed by atoms with Crippen molar-refractivity contribution in [2.75, 3.05) is 7.11 Å². The van der Waals surface area contributed by atoms with Crippen LogP contribution in [0.3, 0.4) is 0 Å². The number of ether oxygens (including phenoxy) is 1. The Kier molecular flexibility index (Phi) is 3.40. The summed E-state index contributed by atoms with van der Waals surface area (Å²) in [7, 11) is 1.66. The molecule has 6 atom stereocenters. The number of benzene rings is 1. The van der Waals surface area contributed by atoms with Crippen LogP contribution in [0.1, 0.15) is 49.7 Å². The Labute approximate surface area is 137 Å². The Morgan fingerprint density at radius 3 is 2.74 bits per heavy atom. The summed E-state index contributed by atoms with van der Waals surface area (Å²) < 4.78 is 5.56. The minimum atomic E-state index is -0.600. The normalized spacial score (nSPS) is 41.8. The third-order valence-electron chi connectivity index (χ3n) is 6.96. The standard InChI is InChI=1S/C19H26O4/c1-19-6-5-13-12(14(19)9-15(21)18(19)22)4-3-10-7-11(20)8-16(23-2)17(10)13/h7-8,12-15,18,20-22H,3-6,9H2,1-2H3/t12-,13+,14+,15-,18+,19+/m1/s1. The third kappa shape index (κ3) is 2.04. The summed E-state index contributed by atoms with van der Waals surface area (Å²) >= 11 is 0. The van der Waals surface area contributed by atoms with Crippen LogP contribution in [-0.4, -0.2) is 34.6 Å². The molecule has 0 amide bonds. The van der Waals surface area contributed by atoms with Crippen LogP contribution >= 0.6 is 0 Å². The number of aliphatic hydroxyl groups excluding tert-OH is 2. The fourth-order valence-electron chi connectivity index (χ4n) is 5.82. The van der Waals surface area contributed by atoms with Crippen LogP contribution in [0.2, 0.25) is 0 Å². The average Bonchev–Trinajstić information content (AvgIpc) is 2.77.